The third-order valence-electron chi connectivity index (χ3n) is 3.59. The Morgan fingerprint density at radius 3 is 3.06 bits per heavy atom. The topological polar surface area (TPSA) is 46.5 Å². The van der Waals surface area contributed by atoms with E-state index in [0.29, 0.717) is 6.04 Å². The number of rotatable bonds is 1. The molecule has 1 fully saturated rings. The van der Waals surface area contributed by atoms with Crippen molar-refractivity contribution < 1.29 is 0 Å². The van der Waals surface area contributed by atoms with Gasteiger partial charge in [-0.3, -0.25) is 0 Å². The summed E-state index contributed by atoms with van der Waals surface area (Å²) in [6.07, 6.45) is 9.65. The fourth-order valence-corrected chi connectivity index (χ4v) is 2.47. The molecule has 1 N–H and O–H groups in total. The summed E-state index contributed by atoms with van der Waals surface area (Å²) in [5.74, 6) is 0. The molecule has 0 amide bonds. The molecule has 0 aromatic carbocycles. The number of aromatic amines is 1. The summed E-state index contributed by atoms with van der Waals surface area (Å²) in [6.45, 7) is 0. The summed E-state index contributed by atoms with van der Waals surface area (Å²) in [5, 5.41) is 1.18. The Bertz CT molecular complexity index is 660. The number of pyridine rings is 1. The zero-order valence-corrected chi connectivity index (χ0v) is 8.85. The summed E-state index contributed by atoms with van der Waals surface area (Å²) >= 11 is 0. The molecule has 4 heteroatoms. The van der Waals surface area contributed by atoms with E-state index in [1.807, 2.05) is 18.7 Å². The maximum absolute atomic E-state index is 4.44. The maximum Gasteiger partial charge on any atom is 0.139 e. The molecule has 4 nitrogen and oxygen atoms in total. The van der Waals surface area contributed by atoms with Gasteiger partial charge in [0.15, 0.2) is 0 Å². The highest BCUT2D eigenvalue weighted by molar-refractivity contribution is 6.00. The lowest BCUT2D eigenvalue weighted by Gasteiger charge is -2.27. The zero-order valence-electron chi connectivity index (χ0n) is 8.85. The first-order chi connectivity index (χ1) is 7.93. The highest BCUT2D eigenvalue weighted by Crippen LogP contribution is 2.35. The molecule has 0 bridgehead atoms. The number of aromatic nitrogens is 4. The predicted molar refractivity (Wildman–Crippen MR) is 62.3 cm³/mol. The van der Waals surface area contributed by atoms with Crippen LogP contribution in [0.3, 0.4) is 0 Å². The fourth-order valence-electron chi connectivity index (χ4n) is 2.47. The lowest BCUT2D eigenvalue weighted by Crippen LogP contribution is -2.15. The molecule has 0 aliphatic heterocycles. The van der Waals surface area contributed by atoms with Crippen LogP contribution in [0, 0.1) is 0 Å². The van der Waals surface area contributed by atoms with E-state index in [0.717, 1.165) is 11.2 Å². The van der Waals surface area contributed by atoms with Crippen LogP contribution in [0.15, 0.2) is 24.8 Å². The minimum atomic E-state index is 0.644. The van der Waals surface area contributed by atoms with Crippen LogP contribution in [-0.4, -0.2) is 19.5 Å². The Morgan fingerprint density at radius 1 is 1.31 bits per heavy atom. The zero-order chi connectivity index (χ0) is 10.5. The molecule has 80 valence electrons. The van der Waals surface area contributed by atoms with Crippen LogP contribution in [0.1, 0.15) is 25.3 Å². The van der Waals surface area contributed by atoms with E-state index in [1.54, 1.807) is 0 Å². The highest BCUT2D eigenvalue weighted by atomic mass is 15.1. The lowest BCUT2D eigenvalue weighted by atomic mass is 9.93. The SMILES string of the molecule is c1cc2c(ncc3ncn(C4CCC4)c32)[nH]1. The predicted octanol–water partition coefficient (Wildman–Crippen LogP) is 2.64. The summed E-state index contributed by atoms with van der Waals surface area (Å²) in [6, 6.07) is 2.73. The molecular weight excluding hydrogens is 200 g/mol. The molecule has 3 heterocycles. The highest BCUT2D eigenvalue weighted by Gasteiger charge is 2.22. The van der Waals surface area contributed by atoms with Crippen LogP contribution in [-0.2, 0) is 0 Å². The molecule has 0 unspecified atom stereocenters. The molecule has 0 atom stereocenters. The van der Waals surface area contributed by atoms with Crippen LogP contribution in [0.2, 0.25) is 0 Å². The van der Waals surface area contributed by atoms with E-state index in [9.17, 15) is 0 Å². The molecule has 3 aromatic heterocycles. The van der Waals surface area contributed by atoms with Gasteiger partial charge in [-0.05, 0) is 25.3 Å². The van der Waals surface area contributed by atoms with Gasteiger partial charge in [0.05, 0.1) is 18.0 Å². The van der Waals surface area contributed by atoms with Gasteiger partial charge in [0.25, 0.3) is 0 Å². The number of imidazole rings is 1. The molecular formula is C12H12N4. The number of hydrogen-bond donors (Lipinski definition) is 1. The molecule has 0 saturated heterocycles. The van der Waals surface area contributed by atoms with Crippen molar-refractivity contribution >= 4 is 22.1 Å². The molecule has 0 spiro atoms. The number of fused-ring (bicyclic) bond motifs is 3. The minimum Gasteiger partial charge on any atom is -0.346 e. The van der Waals surface area contributed by atoms with Gasteiger partial charge in [0.1, 0.15) is 11.2 Å². The van der Waals surface area contributed by atoms with Crippen molar-refractivity contribution in [2.24, 2.45) is 0 Å². The van der Waals surface area contributed by atoms with E-state index >= 15 is 0 Å². The van der Waals surface area contributed by atoms with Crippen molar-refractivity contribution in [1.29, 1.82) is 0 Å². The van der Waals surface area contributed by atoms with Gasteiger partial charge in [-0.1, -0.05) is 0 Å². The molecule has 1 aliphatic carbocycles. The average molecular weight is 212 g/mol. The van der Waals surface area contributed by atoms with Crippen LogP contribution in [0.5, 0.6) is 0 Å². The quantitative estimate of drug-likeness (QED) is 0.674. The fraction of sp³-hybridized carbons (Fsp3) is 0.333. The van der Waals surface area contributed by atoms with Gasteiger partial charge in [0.2, 0.25) is 0 Å². The van der Waals surface area contributed by atoms with E-state index in [1.165, 1.54) is 30.2 Å². The first-order valence-corrected chi connectivity index (χ1v) is 5.72. The van der Waals surface area contributed by atoms with Gasteiger partial charge < -0.3 is 9.55 Å². The first kappa shape index (κ1) is 8.33. The minimum absolute atomic E-state index is 0.644. The van der Waals surface area contributed by atoms with E-state index in [2.05, 4.69) is 25.6 Å². The van der Waals surface area contributed by atoms with E-state index < -0.39 is 0 Å². The van der Waals surface area contributed by atoms with Crippen LogP contribution in [0.25, 0.3) is 22.1 Å². The lowest BCUT2D eigenvalue weighted by molar-refractivity contribution is 0.320. The molecule has 16 heavy (non-hydrogen) atoms. The number of nitrogens with one attached hydrogen (secondary N) is 1. The average Bonchev–Trinajstić information content (AvgIpc) is 2.79. The third-order valence-corrected chi connectivity index (χ3v) is 3.59. The largest absolute Gasteiger partial charge is 0.346 e. The van der Waals surface area contributed by atoms with Gasteiger partial charge >= 0.3 is 0 Å². The number of hydrogen-bond acceptors (Lipinski definition) is 2. The van der Waals surface area contributed by atoms with Gasteiger partial charge in [0, 0.05) is 17.6 Å². The molecule has 1 aliphatic rings. The Kier molecular flexibility index (Phi) is 1.48. The molecule has 4 rings (SSSR count). The third kappa shape index (κ3) is 0.939. The Morgan fingerprint density at radius 2 is 2.25 bits per heavy atom. The summed E-state index contributed by atoms with van der Waals surface area (Å²) in [4.78, 5) is 11.9. The molecule has 3 aromatic rings. The second-order valence-corrected chi connectivity index (χ2v) is 4.47. The Hall–Kier alpha value is -1.84. The van der Waals surface area contributed by atoms with E-state index in [-0.39, 0.29) is 0 Å². The summed E-state index contributed by atoms with van der Waals surface area (Å²) in [5.41, 5.74) is 3.18. The maximum atomic E-state index is 4.44. The van der Waals surface area contributed by atoms with Crippen LogP contribution >= 0.6 is 0 Å². The first-order valence-electron chi connectivity index (χ1n) is 5.72. The van der Waals surface area contributed by atoms with Gasteiger partial charge in [-0.25, -0.2) is 9.97 Å². The molecule has 0 radical (unpaired) electrons. The molecule has 1 saturated carbocycles. The second-order valence-electron chi connectivity index (χ2n) is 4.47. The Labute approximate surface area is 92.3 Å². The van der Waals surface area contributed by atoms with Crippen molar-refractivity contribution in [3.8, 4) is 0 Å². The standard InChI is InChI=1S/C12H12N4/c1-2-8(3-1)16-7-15-10-6-14-12-9(11(10)16)4-5-13-12/h4-8H,1-3H2,(H,13,14). The van der Waals surface area contributed by atoms with Gasteiger partial charge in [-0.2, -0.15) is 0 Å². The van der Waals surface area contributed by atoms with Crippen molar-refractivity contribution in [2.75, 3.05) is 0 Å². The normalized spacial score (nSPS) is 17.0. The van der Waals surface area contributed by atoms with Gasteiger partial charge in [-0.15, -0.1) is 0 Å². The van der Waals surface area contributed by atoms with Crippen LogP contribution < -0.4 is 0 Å². The number of nitrogens with zero attached hydrogens (tertiary/aromatic N) is 3. The monoisotopic (exact) mass is 212 g/mol. The van der Waals surface area contributed by atoms with Crippen molar-refractivity contribution in [1.82, 2.24) is 19.5 Å². The second kappa shape index (κ2) is 2.84. The van der Waals surface area contributed by atoms with Crippen molar-refractivity contribution in [2.45, 2.75) is 25.3 Å². The smallest absolute Gasteiger partial charge is 0.139 e. The summed E-state index contributed by atoms with van der Waals surface area (Å²) < 4.78 is 2.32. The number of H-pyrrole nitrogens is 1. The van der Waals surface area contributed by atoms with Crippen molar-refractivity contribution in [3.63, 3.8) is 0 Å². The van der Waals surface area contributed by atoms with Crippen LogP contribution in [0.4, 0.5) is 0 Å². The van der Waals surface area contributed by atoms with E-state index in [4.69, 9.17) is 0 Å². The Balaban J connectivity index is 2.11. The summed E-state index contributed by atoms with van der Waals surface area (Å²) in [7, 11) is 0. The van der Waals surface area contributed by atoms with Crippen molar-refractivity contribution in [3.05, 3.63) is 24.8 Å².